The Balaban J connectivity index is 1.91. The average Bonchev–Trinajstić information content (AvgIpc) is 2.47. The van der Waals surface area contributed by atoms with E-state index in [2.05, 4.69) is 18.7 Å². The van der Waals surface area contributed by atoms with Crippen LogP contribution < -0.4 is 0 Å². The molecular weight excluding hydrogens is 272 g/mol. The zero-order chi connectivity index (χ0) is 14.8. The highest BCUT2D eigenvalue weighted by atomic mass is 32.2. The van der Waals surface area contributed by atoms with Crippen LogP contribution in [0.3, 0.4) is 0 Å². The van der Waals surface area contributed by atoms with Crippen molar-refractivity contribution in [1.82, 2.24) is 9.21 Å². The van der Waals surface area contributed by atoms with Crippen molar-refractivity contribution in [3.8, 4) is 0 Å². The van der Waals surface area contributed by atoms with Gasteiger partial charge in [0.05, 0.1) is 5.75 Å². The van der Waals surface area contributed by atoms with Crippen molar-refractivity contribution in [2.75, 3.05) is 31.9 Å². The molecule has 2 aliphatic rings. The fourth-order valence-corrected chi connectivity index (χ4v) is 4.78. The van der Waals surface area contributed by atoms with Gasteiger partial charge >= 0.3 is 0 Å². The third kappa shape index (κ3) is 3.74. The van der Waals surface area contributed by atoms with Crippen molar-refractivity contribution >= 4 is 10.0 Å². The summed E-state index contributed by atoms with van der Waals surface area (Å²) in [7, 11) is -3.01. The maximum Gasteiger partial charge on any atom is 0.213 e. The molecule has 1 atom stereocenters. The summed E-state index contributed by atoms with van der Waals surface area (Å²) in [5.41, 5.74) is 0. The molecular formula is C15H30N2O2S. The van der Waals surface area contributed by atoms with E-state index in [4.69, 9.17) is 0 Å². The van der Waals surface area contributed by atoms with Gasteiger partial charge in [-0.25, -0.2) is 12.7 Å². The van der Waals surface area contributed by atoms with Crippen molar-refractivity contribution in [1.29, 1.82) is 0 Å². The Morgan fingerprint density at radius 3 is 2.30 bits per heavy atom. The van der Waals surface area contributed by atoms with Crippen LogP contribution in [-0.4, -0.2) is 55.6 Å². The van der Waals surface area contributed by atoms with Crippen LogP contribution >= 0.6 is 0 Å². The van der Waals surface area contributed by atoms with Gasteiger partial charge in [0.2, 0.25) is 10.0 Å². The van der Waals surface area contributed by atoms with E-state index in [0.29, 0.717) is 12.6 Å². The predicted molar refractivity (Wildman–Crippen MR) is 83.2 cm³/mol. The summed E-state index contributed by atoms with van der Waals surface area (Å²) < 4.78 is 25.8. The first kappa shape index (κ1) is 16.2. The van der Waals surface area contributed by atoms with Crippen LogP contribution in [0.4, 0.5) is 0 Å². The van der Waals surface area contributed by atoms with Gasteiger partial charge in [0.15, 0.2) is 0 Å². The standard InChI is InChI=1S/C15H30N2O2S/c1-4-20(18,19)17-9-5-6-15(12-17)16-10-7-14(8-11-16)13(2)3/h13-15H,4-12H2,1-3H3. The van der Waals surface area contributed by atoms with Crippen LogP contribution in [0.25, 0.3) is 0 Å². The molecule has 0 aromatic rings. The molecule has 0 radical (unpaired) electrons. The van der Waals surface area contributed by atoms with Gasteiger partial charge in [-0.15, -0.1) is 0 Å². The van der Waals surface area contributed by atoms with Gasteiger partial charge in [0, 0.05) is 19.1 Å². The average molecular weight is 302 g/mol. The lowest BCUT2D eigenvalue weighted by molar-refractivity contribution is 0.0831. The Kier molecular flexibility index (Phi) is 5.49. The van der Waals surface area contributed by atoms with Crippen molar-refractivity contribution in [3.63, 3.8) is 0 Å². The van der Waals surface area contributed by atoms with E-state index in [0.717, 1.165) is 44.3 Å². The third-order valence-corrected chi connectivity index (χ3v) is 7.00. The molecule has 20 heavy (non-hydrogen) atoms. The first-order valence-electron chi connectivity index (χ1n) is 8.16. The summed E-state index contributed by atoms with van der Waals surface area (Å²) >= 11 is 0. The van der Waals surface area contributed by atoms with Crippen LogP contribution in [0, 0.1) is 11.8 Å². The lowest BCUT2D eigenvalue weighted by atomic mass is 9.86. The molecule has 5 heteroatoms. The van der Waals surface area contributed by atoms with E-state index in [9.17, 15) is 8.42 Å². The lowest BCUT2D eigenvalue weighted by Crippen LogP contribution is -2.52. The molecule has 0 aromatic carbocycles. The highest BCUT2D eigenvalue weighted by molar-refractivity contribution is 7.89. The van der Waals surface area contributed by atoms with E-state index < -0.39 is 10.0 Å². The molecule has 2 saturated heterocycles. The predicted octanol–water partition coefficient (Wildman–Crippen LogP) is 2.17. The van der Waals surface area contributed by atoms with Gasteiger partial charge in [-0.1, -0.05) is 13.8 Å². The number of hydrogen-bond donors (Lipinski definition) is 0. The van der Waals surface area contributed by atoms with Crippen LogP contribution in [0.1, 0.15) is 46.5 Å². The number of rotatable bonds is 4. The number of nitrogens with zero attached hydrogens (tertiary/aromatic N) is 2. The minimum atomic E-state index is -3.01. The van der Waals surface area contributed by atoms with Crippen molar-refractivity contribution < 1.29 is 8.42 Å². The molecule has 0 amide bonds. The van der Waals surface area contributed by atoms with Crippen LogP contribution in [0.5, 0.6) is 0 Å². The van der Waals surface area contributed by atoms with Crippen LogP contribution in [0.15, 0.2) is 0 Å². The van der Waals surface area contributed by atoms with Gasteiger partial charge in [0.25, 0.3) is 0 Å². The molecule has 2 heterocycles. The van der Waals surface area contributed by atoms with Crippen molar-refractivity contribution in [2.24, 2.45) is 11.8 Å². The topological polar surface area (TPSA) is 40.6 Å². The molecule has 0 N–H and O–H groups in total. The molecule has 118 valence electrons. The Morgan fingerprint density at radius 1 is 1.10 bits per heavy atom. The van der Waals surface area contributed by atoms with Gasteiger partial charge in [-0.05, 0) is 57.5 Å². The highest BCUT2D eigenvalue weighted by Crippen LogP contribution is 2.28. The first-order chi connectivity index (χ1) is 9.44. The summed E-state index contributed by atoms with van der Waals surface area (Å²) in [5.74, 6) is 1.86. The number of piperidine rings is 2. The van der Waals surface area contributed by atoms with Crippen LogP contribution in [-0.2, 0) is 10.0 Å². The van der Waals surface area contributed by atoms with E-state index in [-0.39, 0.29) is 5.75 Å². The maximum atomic E-state index is 12.0. The molecule has 0 aliphatic carbocycles. The number of sulfonamides is 1. The minimum absolute atomic E-state index is 0.231. The van der Waals surface area contributed by atoms with Gasteiger partial charge in [-0.3, -0.25) is 4.90 Å². The normalized spacial score (nSPS) is 28.1. The monoisotopic (exact) mass is 302 g/mol. The maximum absolute atomic E-state index is 12.0. The highest BCUT2D eigenvalue weighted by Gasteiger charge is 2.32. The van der Waals surface area contributed by atoms with Crippen molar-refractivity contribution in [3.05, 3.63) is 0 Å². The van der Waals surface area contributed by atoms with Gasteiger partial charge < -0.3 is 0 Å². The molecule has 4 nitrogen and oxygen atoms in total. The first-order valence-corrected chi connectivity index (χ1v) is 9.76. The molecule has 0 spiro atoms. The second-order valence-corrected chi connectivity index (χ2v) is 8.93. The molecule has 1 unspecified atom stereocenters. The van der Waals surface area contributed by atoms with E-state index in [1.54, 1.807) is 11.2 Å². The minimum Gasteiger partial charge on any atom is -0.299 e. The van der Waals surface area contributed by atoms with Crippen molar-refractivity contribution in [2.45, 2.75) is 52.5 Å². The second-order valence-electron chi connectivity index (χ2n) is 6.67. The summed E-state index contributed by atoms with van der Waals surface area (Å²) in [4.78, 5) is 2.54. The molecule has 0 bridgehead atoms. The SMILES string of the molecule is CCS(=O)(=O)N1CCCC(N2CCC(C(C)C)CC2)C1. The Hall–Kier alpha value is -0.130. The Morgan fingerprint density at radius 2 is 1.75 bits per heavy atom. The third-order valence-electron chi connectivity index (χ3n) is 5.15. The molecule has 2 aliphatic heterocycles. The second kappa shape index (κ2) is 6.75. The summed E-state index contributed by atoms with van der Waals surface area (Å²) in [5, 5.41) is 0. The quantitative estimate of drug-likeness (QED) is 0.799. The zero-order valence-electron chi connectivity index (χ0n) is 13.2. The summed E-state index contributed by atoms with van der Waals surface area (Å²) in [6.07, 6.45) is 4.71. The van der Waals surface area contributed by atoms with E-state index >= 15 is 0 Å². The van der Waals surface area contributed by atoms with Gasteiger partial charge in [0.1, 0.15) is 0 Å². The fourth-order valence-electron chi connectivity index (χ4n) is 3.61. The zero-order valence-corrected chi connectivity index (χ0v) is 14.0. The van der Waals surface area contributed by atoms with E-state index in [1.165, 1.54) is 12.8 Å². The fraction of sp³-hybridized carbons (Fsp3) is 1.00. The Labute approximate surface area is 124 Å². The molecule has 2 rings (SSSR count). The smallest absolute Gasteiger partial charge is 0.213 e. The molecule has 0 aromatic heterocycles. The Bertz CT molecular complexity index is 400. The van der Waals surface area contributed by atoms with Gasteiger partial charge in [-0.2, -0.15) is 0 Å². The summed E-state index contributed by atoms with van der Waals surface area (Å²) in [6, 6.07) is 0.443. The van der Waals surface area contributed by atoms with Crippen LogP contribution in [0.2, 0.25) is 0 Å². The molecule has 0 saturated carbocycles. The number of likely N-dealkylation sites (tertiary alicyclic amines) is 1. The summed E-state index contributed by atoms with van der Waals surface area (Å²) in [6.45, 7) is 10.1. The largest absolute Gasteiger partial charge is 0.299 e. The lowest BCUT2D eigenvalue weighted by Gasteiger charge is -2.42. The van der Waals surface area contributed by atoms with E-state index in [1.807, 2.05) is 0 Å². The number of hydrogen-bond acceptors (Lipinski definition) is 3. The molecule has 2 fully saturated rings.